The van der Waals surface area contributed by atoms with Crippen molar-refractivity contribution in [3.63, 3.8) is 0 Å². The monoisotopic (exact) mass is 288 g/mol. The fourth-order valence-electron chi connectivity index (χ4n) is 2.92. The van der Waals surface area contributed by atoms with Crippen molar-refractivity contribution in [1.29, 1.82) is 0 Å². The quantitative estimate of drug-likeness (QED) is 0.880. The van der Waals surface area contributed by atoms with Crippen molar-refractivity contribution in [2.75, 3.05) is 44.4 Å². The van der Waals surface area contributed by atoms with Crippen LogP contribution in [0, 0.1) is 5.92 Å². The van der Waals surface area contributed by atoms with Crippen molar-refractivity contribution in [3.05, 3.63) is 18.6 Å². The molecule has 2 aromatic rings. The summed E-state index contributed by atoms with van der Waals surface area (Å²) in [5.74, 6) is 2.54. The van der Waals surface area contributed by atoms with Crippen molar-refractivity contribution in [2.45, 2.75) is 19.3 Å². The SMILES string of the molecule is CNc1cn2ccnc2c(NCCC2CCN(C)CC2)n1. The molecule has 2 aromatic heterocycles. The van der Waals surface area contributed by atoms with Crippen LogP contribution in [0.4, 0.5) is 11.6 Å². The summed E-state index contributed by atoms with van der Waals surface area (Å²) < 4.78 is 2.00. The van der Waals surface area contributed by atoms with E-state index in [1.54, 1.807) is 6.20 Å². The Labute approximate surface area is 125 Å². The van der Waals surface area contributed by atoms with Gasteiger partial charge in [0.1, 0.15) is 5.82 Å². The Hall–Kier alpha value is -1.82. The Morgan fingerprint density at radius 3 is 2.90 bits per heavy atom. The lowest BCUT2D eigenvalue weighted by Crippen LogP contribution is -2.30. The Kier molecular flexibility index (Phi) is 4.24. The number of aromatic nitrogens is 3. The summed E-state index contributed by atoms with van der Waals surface area (Å²) in [6.07, 6.45) is 9.51. The predicted octanol–water partition coefficient (Wildman–Crippen LogP) is 1.91. The molecule has 6 heteroatoms. The molecule has 1 saturated heterocycles. The first-order valence-electron chi connectivity index (χ1n) is 7.70. The Morgan fingerprint density at radius 2 is 2.14 bits per heavy atom. The van der Waals surface area contributed by atoms with Crippen molar-refractivity contribution in [2.24, 2.45) is 5.92 Å². The van der Waals surface area contributed by atoms with Gasteiger partial charge in [0.2, 0.25) is 0 Å². The van der Waals surface area contributed by atoms with Gasteiger partial charge in [-0.1, -0.05) is 0 Å². The number of piperidine rings is 1. The van der Waals surface area contributed by atoms with Gasteiger partial charge in [-0.3, -0.25) is 0 Å². The van der Waals surface area contributed by atoms with Crippen LogP contribution in [0.25, 0.3) is 5.65 Å². The van der Waals surface area contributed by atoms with Gasteiger partial charge in [-0.05, 0) is 45.3 Å². The molecule has 0 aliphatic carbocycles. The highest BCUT2D eigenvalue weighted by Crippen LogP contribution is 2.20. The maximum absolute atomic E-state index is 4.57. The molecule has 0 atom stereocenters. The standard InChI is InChI=1S/C15H24N6/c1-16-13-11-21-10-7-18-15(21)14(19-13)17-6-3-12-4-8-20(2)9-5-12/h7,10-12,16H,3-6,8-9H2,1-2H3,(H,17,19). The van der Waals surface area contributed by atoms with Crippen LogP contribution in [0.15, 0.2) is 18.6 Å². The van der Waals surface area contributed by atoms with Crippen LogP contribution < -0.4 is 10.6 Å². The van der Waals surface area contributed by atoms with Gasteiger partial charge in [-0.2, -0.15) is 0 Å². The number of nitrogens with zero attached hydrogens (tertiary/aromatic N) is 4. The number of likely N-dealkylation sites (tertiary alicyclic amines) is 1. The number of imidazole rings is 1. The molecule has 0 saturated carbocycles. The molecule has 21 heavy (non-hydrogen) atoms. The minimum atomic E-state index is 0.831. The van der Waals surface area contributed by atoms with Gasteiger partial charge >= 0.3 is 0 Å². The second-order valence-electron chi connectivity index (χ2n) is 5.84. The third-order valence-corrected chi connectivity index (χ3v) is 4.31. The summed E-state index contributed by atoms with van der Waals surface area (Å²) in [6, 6.07) is 0. The van der Waals surface area contributed by atoms with E-state index in [1.807, 2.05) is 23.8 Å². The van der Waals surface area contributed by atoms with Crippen molar-refractivity contribution in [3.8, 4) is 0 Å². The molecule has 3 rings (SSSR count). The van der Waals surface area contributed by atoms with Crippen LogP contribution in [0.1, 0.15) is 19.3 Å². The fourth-order valence-corrected chi connectivity index (χ4v) is 2.92. The second-order valence-corrected chi connectivity index (χ2v) is 5.84. The first-order chi connectivity index (χ1) is 10.3. The molecular formula is C15H24N6. The highest BCUT2D eigenvalue weighted by atomic mass is 15.1. The van der Waals surface area contributed by atoms with E-state index in [4.69, 9.17) is 0 Å². The van der Waals surface area contributed by atoms with Gasteiger partial charge in [-0.15, -0.1) is 0 Å². The highest BCUT2D eigenvalue weighted by Gasteiger charge is 2.16. The molecule has 6 nitrogen and oxygen atoms in total. The minimum Gasteiger partial charge on any atom is -0.372 e. The molecule has 2 N–H and O–H groups in total. The average molecular weight is 288 g/mol. The molecule has 0 amide bonds. The molecule has 1 fully saturated rings. The van der Waals surface area contributed by atoms with Gasteiger partial charge in [-0.25, -0.2) is 9.97 Å². The van der Waals surface area contributed by atoms with Gasteiger partial charge in [0.25, 0.3) is 0 Å². The number of anilines is 2. The fraction of sp³-hybridized carbons (Fsp3) is 0.600. The van der Waals surface area contributed by atoms with Gasteiger partial charge in [0, 0.05) is 26.0 Å². The lowest BCUT2D eigenvalue weighted by molar-refractivity contribution is 0.215. The van der Waals surface area contributed by atoms with Crippen LogP contribution in [0.2, 0.25) is 0 Å². The Bertz CT molecular complexity index is 585. The predicted molar refractivity (Wildman–Crippen MR) is 85.9 cm³/mol. The number of nitrogens with one attached hydrogen (secondary N) is 2. The van der Waals surface area contributed by atoms with Crippen molar-refractivity contribution < 1.29 is 0 Å². The maximum Gasteiger partial charge on any atom is 0.180 e. The molecule has 3 heterocycles. The van der Waals surface area contributed by atoms with Crippen LogP contribution in [-0.2, 0) is 0 Å². The number of hydrogen-bond acceptors (Lipinski definition) is 5. The van der Waals surface area contributed by atoms with E-state index in [2.05, 4.69) is 32.5 Å². The normalized spacial score (nSPS) is 17.2. The lowest BCUT2D eigenvalue weighted by atomic mass is 9.94. The third kappa shape index (κ3) is 3.26. The molecule has 0 radical (unpaired) electrons. The molecule has 0 aromatic carbocycles. The maximum atomic E-state index is 4.57. The molecule has 0 bridgehead atoms. The molecule has 1 aliphatic rings. The topological polar surface area (TPSA) is 57.5 Å². The zero-order valence-corrected chi connectivity index (χ0v) is 12.8. The smallest absolute Gasteiger partial charge is 0.180 e. The number of hydrogen-bond donors (Lipinski definition) is 2. The molecule has 0 spiro atoms. The van der Waals surface area contributed by atoms with E-state index in [9.17, 15) is 0 Å². The third-order valence-electron chi connectivity index (χ3n) is 4.31. The summed E-state index contributed by atoms with van der Waals surface area (Å²) in [5, 5.41) is 6.55. The van der Waals surface area contributed by atoms with E-state index in [1.165, 1.54) is 32.4 Å². The summed E-state index contributed by atoms with van der Waals surface area (Å²) in [7, 11) is 4.09. The van der Waals surface area contributed by atoms with E-state index < -0.39 is 0 Å². The number of rotatable bonds is 5. The second kappa shape index (κ2) is 6.30. The zero-order valence-electron chi connectivity index (χ0n) is 12.8. The summed E-state index contributed by atoms with van der Waals surface area (Å²) in [6.45, 7) is 3.41. The molecular weight excluding hydrogens is 264 g/mol. The summed E-state index contributed by atoms with van der Waals surface area (Å²) >= 11 is 0. The zero-order chi connectivity index (χ0) is 14.7. The van der Waals surface area contributed by atoms with Gasteiger partial charge < -0.3 is 19.9 Å². The van der Waals surface area contributed by atoms with E-state index >= 15 is 0 Å². The summed E-state index contributed by atoms with van der Waals surface area (Å²) in [5.41, 5.74) is 0.886. The van der Waals surface area contributed by atoms with E-state index in [0.717, 1.165) is 29.7 Å². The van der Waals surface area contributed by atoms with Gasteiger partial charge in [0.15, 0.2) is 11.5 Å². The van der Waals surface area contributed by atoms with Crippen molar-refractivity contribution in [1.82, 2.24) is 19.3 Å². The van der Waals surface area contributed by atoms with Crippen LogP contribution >= 0.6 is 0 Å². The van der Waals surface area contributed by atoms with Crippen LogP contribution in [-0.4, -0.2) is 53.0 Å². The number of fused-ring (bicyclic) bond motifs is 1. The molecule has 0 unspecified atom stereocenters. The molecule has 1 aliphatic heterocycles. The highest BCUT2D eigenvalue weighted by molar-refractivity contribution is 5.65. The van der Waals surface area contributed by atoms with E-state index in [-0.39, 0.29) is 0 Å². The Morgan fingerprint density at radius 1 is 1.33 bits per heavy atom. The van der Waals surface area contributed by atoms with Crippen molar-refractivity contribution >= 4 is 17.3 Å². The summed E-state index contributed by atoms with van der Waals surface area (Å²) in [4.78, 5) is 11.4. The van der Waals surface area contributed by atoms with Crippen LogP contribution in [0.3, 0.4) is 0 Å². The Balaban J connectivity index is 1.61. The average Bonchev–Trinajstić information content (AvgIpc) is 2.97. The van der Waals surface area contributed by atoms with E-state index in [0.29, 0.717) is 0 Å². The molecule has 114 valence electrons. The first kappa shape index (κ1) is 14.1. The minimum absolute atomic E-state index is 0.831. The first-order valence-corrected chi connectivity index (χ1v) is 7.70. The van der Waals surface area contributed by atoms with Gasteiger partial charge in [0.05, 0.1) is 6.20 Å². The largest absolute Gasteiger partial charge is 0.372 e. The lowest BCUT2D eigenvalue weighted by Gasteiger charge is -2.28. The van der Waals surface area contributed by atoms with Crippen LogP contribution in [0.5, 0.6) is 0 Å².